The monoisotopic (exact) mass is 238 g/mol. The molecule has 6 heteroatoms. The summed E-state index contributed by atoms with van der Waals surface area (Å²) < 4.78 is 24.0. The van der Waals surface area contributed by atoms with E-state index in [0.29, 0.717) is 5.56 Å². The summed E-state index contributed by atoms with van der Waals surface area (Å²) in [6.45, 7) is 0. The molecule has 0 spiro atoms. The summed E-state index contributed by atoms with van der Waals surface area (Å²) in [7, 11) is -2.21. The molecule has 0 aliphatic carbocycles. The Bertz CT molecular complexity index is 602. The van der Waals surface area contributed by atoms with Gasteiger partial charge in [0.15, 0.2) is 4.91 Å². The average Bonchev–Trinajstić information content (AvgIpc) is 2.47. The maximum Gasteiger partial charge on any atom is 0.262 e. The minimum Gasteiger partial charge on any atom is -0.386 e. The highest BCUT2D eigenvalue weighted by Gasteiger charge is 2.38. The Hall–Kier alpha value is -1.82. The third-order valence-electron chi connectivity index (χ3n) is 2.42. The van der Waals surface area contributed by atoms with Crippen LogP contribution in [-0.4, -0.2) is 21.4 Å². The smallest absolute Gasteiger partial charge is 0.262 e. The van der Waals surface area contributed by atoms with Gasteiger partial charge in [-0.1, -0.05) is 18.2 Å². The third kappa shape index (κ3) is 1.23. The van der Waals surface area contributed by atoms with Gasteiger partial charge < -0.3 is 11.1 Å². The number of nitrogens with one attached hydrogen (secondary N) is 1. The van der Waals surface area contributed by atoms with Crippen molar-refractivity contribution in [3.8, 4) is 0 Å². The van der Waals surface area contributed by atoms with Crippen LogP contribution in [-0.2, 0) is 14.6 Å². The van der Waals surface area contributed by atoms with E-state index in [9.17, 15) is 13.2 Å². The van der Waals surface area contributed by atoms with E-state index in [1.807, 2.05) is 0 Å². The maximum absolute atomic E-state index is 12.0. The number of rotatable bonds is 2. The molecule has 1 aromatic carbocycles. The number of benzene rings is 1. The number of nitrogens with two attached hydrogens (primary N) is 1. The molecule has 16 heavy (non-hydrogen) atoms. The molecule has 1 aliphatic rings. The van der Waals surface area contributed by atoms with Crippen LogP contribution in [0.5, 0.6) is 0 Å². The first kappa shape index (κ1) is 10.7. The molecule has 0 aromatic heterocycles. The maximum atomic E-state index is 12.0. The Morgan fingerprint density at radius 2 is 1.94 bits per heavy atom. The average molecular weight is 238 g/mol. The molecule has 1 heterocycles. The second kappa shape index (κ2) is 3.34. The van der Waals surface area contributed by atoms with Crippen LogP contribution in [0.4, 0.5) is 0 Å². The van der Waals surface area contributed by atoms with Gasteiger partial charge in [-0.15, -0.1) is 0 Å². The first-order chi connectivity index (χ1) is 7.50. The molecule has 0 saturated carbocycles. The number of hydrogen-bond acceptors (Lipinski definition) is 4. The molecule has 0 atom stereocenters. The molecule has 0 bridgehead atoms. The number of amides is 1. The van der Waals surface area contributed by atoms with Crippen molar-refractivity contribution in [1.82, 2.24) is 5.32 Å². The second-order valence-electron chi connectivity index (χ2n) is 3.32. The molecular formula is C10H10N2O3S. The van der Waals surface area contributed by atoms with Crippen molar-refractivity contribution in [2.45, 2.75) is 4.90 Å². The van der Waals surface area contributed by atoms with E-state index in [-0.39, 0.29) is 15.5 Å². The molecule has 0 unspecified atom stereocenters. The van der Waals surface area contributed by atoms with Gasteiger partial charge in [0.1, 0.15) is 0 Å². The van der Waals surface area contributed by atoms with E-state index in [4.69, 9.17) is 5.73 Å². The summed E-state index contributed by atoms with van der Waals surface area (Å²) >= 11 is 0. The molecule has 5 nitrogen and oxygen atoms in total. The largest absolute Gasteiger partial charge is 0.386 e. The number of carbonyl (C=O) groups excluding carboxylic acids is 1. The molecular weight excluding hydrogens is 228 g/mol. The van der Waals surface area contributed by atoms with Crippen molar-refractivity contribution in [1.29, 1.82) is 0 Å². The van der Waals surface area contributed by atoms with Crippen molar-refractivity contribution >= 4 is 21.4 Å². The van der Waals surface area contributed by atoms with E-state index < -0.39 is 15.7 Å². The Kier molecular flexibility index (Phi) is 2.23. The normalized spacial score (nSPS) is 17.1. The van der Waals surface area contributed by atoms with E-state index >= 15 is 0 Å². The number of primary amides is 1. The van der Waals surface area contributed by atoms with Crippen molar-refractivity contribution in [3.05, 3.63) is 34.7 Å². The number of sulfone groups is 1. The van der Waals surface area contributed by atoms with Gasteiger partial charge in [0.2, 0.25) is 9.84 Å². The van der Waals surface area contributed by atoms with Crippen LogP contribution in [0.2, 0.25) is 0 Å². The number of fused-ring (bicyclic) bond motifs is 1. The first-order valence-electron chi connectivity index (χ1n) is 4.56. The Morgan fingerprint density at radius 1 is 1.31 bits per heavy atom. The van der Waals surface area contributed by atoms with Gasteiger partial charge in [-0.25, -0.2) is 8.42 Å². The van der Waals surface area contributed by atoms with Crippen LogP contribution in [0, 0.1) is 0 Å². The lowest BCUT2D eigenvalue weighted by Crippen LogP contribution is -2.21. The predicted molar refractivity (Wildman–Crippen MR) is 58.8 cm³/mol. The highest BCUT2D eigenvalue weighted by Crippen LogP contribution is 2.36. The minimum absolute atomic E-state index is 0.119. The minimum atomic E-state index is -3.76. The molecule has 1 aromatic rings. The summed E-state index contributed by atoms with van der Waals surface area (Å²) in [5.41, 5.74) is 5.85. The molecule has 2 rings (SSSR count). The van der Waals surface area contributed by atoms with Gasteiger partial charge >= 0.3 is 0 Å². The van der Waals surface area contributed by atoms with Gasteiger partial charge in [-0.05, 0) is 6.07 Å². The van der Waals surface area contributed by atoms with Crippen molar-refractivity contribution in [3.63, 3.8) is 0 Å². The summed E-state index contributed by atoms with van der Waals surface area (Å²) in [5.74, 6) is -0.944. The van der Waals surface area contributed by atoms with Gasteiger partial charge in [-0.3, -0.25) is 4.79 Å². The fourth-order valence-electron chi connectivity index (χ4n) is 1.78. The second-order valence-corrected chi connectivity index (χ2v) is 5.17. The van der Waals surface area contributed by atoms with Gasteiger partial charge in [0.25, 0.3) is 5.91 Å². The van der Waals surface area contributed by atoms with Crippen molar-refractivity contribution in [2.75, 3.05) is 7.05 Å². The quantitative estimate of drug-likeness (QED) is 0.749. The van der Waals surface area contributed by atoms with E-state index in [2.05, 4.69) is 5.32 Å². The lowest BCUT2D eigenvalue weighted by atomic mass is 10.1. The van der Waals surface area contributed by atoms with E-state index in [1.54, 1.807) is 25.2 Å². The summed E-state index contributed by atoms with van der Waals surface area (Å²) in [4.78, 5) is 11.0. The molecule has 0 radical (unpaired) electrons. The van der Waals surface area contributed by atoms with Crippen LogP contribution in [0.25, 0.3) is 5.70 Å². The topological polar surface area (TPSA) is 89.3 Å². The highest BCUT2D eigenvalue weighted by atomic mass is 32.2. The highest BCUT2D eigenvalue weighted by molar-refractivity contribution is 7.97. The van der Waals surface area contributed by atoms with Gasteiger partial charge in [-0.2, -0.15) is 0 Å². The van der Waals surface area contributed by atoms with Crippen LogP contribution in [0.1, 0.15) is 5.56 Å². The fourth-order valence-corrected chi connectivity index (χ4v) is 3.46. The van der Waals surface area contributed by atoms with Crippen LogP contribution in [0.3, 0.4) is 0 Å². The van der Waals surface area contributed by atoms with Crippen LogP contribution in [0.15, 0.2) is 34.1 Å². The van der Waals surface area contributed by atoms with Gasteiger partial charge in [0, 0.05) is 12.6 Å². The molecule has 1 aliphatic heterocycles. The molecule has 3 N–H and O–H groups in total. The van der Waals surface area contributed by atoms with E-state index in [1.165, 1.54) is 6.07 Å². The first-order valence-corrected chi connectivity index (χ1v) is 6.04. The zero-order valence-electron chi connectivity index (χ0n) is 8.52. The lowest BCUT2D eigenvalue weighted by molar-refractivity contribution is -0.113. The summed E-state index contributed by atoms with van der Waals surface area (Å²) in [6.07, 6.45) is 0. The third-order valence-corrected chi connectivity index (χ3v) is 4.29. The van der Waals surface area contributed by atoms with Crippen LogP contribution < -0.4 is 11.1 Å². The SMILES string of the molecule is CNC1=C(C(N)=O)S(=O)(=O)c2ccccc21. The zero-order valence-corrected chi connectivity index (χ0v) is 9.34. The number of hydrogen-bond donors (Lipinski definition) is 2. The fraction of sp³-hybridized carbons (Fsp3) is 0.100. The zero-order chi connectivity index (χ0) is 11.9. The van der Waals surface area contributed by atoms with Crippen LogP contribution >= 0.6 is 0 Å². The van der Waals surface area contributed by atoms with Gasteiger partial charge in [0.05, 0.1) is 10.6 Å². The molecule has 1 amide bonds. The Labute approximate surface area is 92.9 Å². The Morgan fingerprint density at radius 3 is 2.50 bits per heavy atom. The lowest BCUT2D eigenvalue weighted by Gasteiger charge is -2.02. The predicted octanol–water partition coefficient (Wildman–Crippen LogP) is -0.153. The Balaban J connectivity index is 2.86. The van der Waals surface area contributed by atoms with Crippen molar-refractivity contribution < 1.29 is 13.2 Å². The summed E-state index contributed by atoms with van der Waals surface area (Å²) in [5, 5.41) is 2.71. The molecule has 84 valence electrons. The molecule has 0 saturated heterocycles. The standard InChI is InChI=1S/C10H10N2O3S/c1-12-8-6-4-2-3-5-7(6)16(14,15)9(8)10(11)13/h2-5,12H,1H3,(H2,11,13). The summed E-state index contributed by atoms with van der Waals surface area (Å²) in [6, 6.07) is 6.40. The van der Waals surface area contributed by atoms with Crippen molar-refractivity contribution in [2.24, 2.45) is 5.73 Å². The van der Waals surface area contributed by atoms with E-state index in [0.717, 1.165) is 0 Å². The molecule has 0 fully saturated rings. The number of carbonyl (C=O) groups is 1.